The number of aromatic amines is 2. The van der Waals surface area contributed by atoms with Crippen LogP contribution in [0.3, 0.4) is 0 Å². The molecule has 9 heteroatoms. The minimum atomic E-state index is -0.442. The molecule has 0 unspecified atom stereocenters. The summed E-state index contributed by atoms with van der Waals surface area (Å²) in [6.07, 6.45) is 10.4. The lowest BCUT2D eigenvalue weighted by atomic mass is 10.1. The van der Waals surface area contributed by atoms with Gasteiger partial charge in [-0.1, -0.05) is 31.0 Å². The van der Waals surface area contributed by atoms with Crippen LogP contribution in [0.4, 0.5) is 4.39 Å². The van der Waals surface area contributed by atoms with E-state index in [1.807, 2.05) is 41.9 Å². The lowest BCUT2D eigenvalue weighted by Gasteiger charge is -2.11. The Balaban J connectivity index is 1.23. The molecule has 6 aromatic rings. The maximum Gasteiger partial charge on any atom is 0.161 e. The number of hydrogen-bond donors (Lipinski definition) is 3. The van der Waals surface area contributed by atoms with Crippen molar-refractivity contribution in [2.75, 3.05) is 6.54 Å². The summed E-state index contributed by atoms with van der Waals surface area (Å²) in [7, 11) is 0. The second kappa shape index (κ2) is 9.74. The van der Waals surface area contributed by atoms with Crippen LogP contribution in [0.5, 0.6) is 0 Å². The molecule has 0 saturated heterocycles. The zero-order valence-corrected chi connectivity index (χ0v) is 21.5. The molecule has 0 spiro atoms. The third kappa shape index (κ3) is 4.17. The quantitative estimate of drug-likeness (QED) is 0.216. The van der Waals surface area contributed by atoms with E-state index in [1.54, 1.807) is 23.7 Å². The minimum absolute atomic E-state index is 0.251. The number of rotatable bonds is 7. The molecule has 0 radical (unpaired) electrons. The highest BCUT2D eigenvalue weighted by Gasteiger charge is 2.21. The Morgan fingerprint density at radius 2 is 1.95 bits per heavy atom. The fraction of sp³-hybridized carbons (Fsp3) is 0.241. The smallest absolute Gasteiger partial charge is 0.161 e. The summed E-state index contributed by atoms with van der Waals surface area (Å²) < 4.78 is 16.1. The molecule has 0 atom stereocenters. The number of para-hydroxylation sites is 1. The second-order valence-corrected chi connectivity index (χ2v) is 10.9. The molecule has 1 fully saturated rings. The molecule has 190 valence electrons. The van der Waals surface area contributed by atoms with Gasteiger partial charge in [-0.3, -0.25) is 15.1 Å². The molecule has 3 N–H and O–H groups in total. The van der Waals surface area contributed by atoms with E-state index >= 15 is 4.39 Å². The third-order valence-corrected chi connectivity index (χ3v) is 8.28. The van der Waals surface area contributed by atoms with Gasteiger partial charge in [0.1, 0.15) is 11.4 Å². The van der Waals surface area contributed by atoms with Gasteiger partial charge in [-0.2, -0.15) is 5.10 Å². The van der Waals surface area contributed by atoms with Gasteiger partial charge in [0.2, 0.25) is 0 Å². The summed E-state index contributed by atoms with van der Waals surface area (Å²) in [5.74, 6) is 0.823. The minimum Gasteiger partial charge on any atom is -0.337 e. The number of benzene rings is 1. The summed E-state index contributed by atoms with van der Waals surface area (Å²) in [5.41, 5.74) is 5.58. The number of H-pyrrole nitrogens is 2. The molecular weight excluding hydrogens is 497 g/mol. The van der Waals surface area contributed by atoms with Gasteiger partial charge in [-0.15, -0.1) is 11.3 Å². The summed E-state index contributed by atoms with van der Waals surface area (Å²) in [6.45, 7) is 1.70. The third-order valence-electron chi connectivity index (χ3n) is 7.37. The molecule has 38 heavy (non-hydrogen) atoms. The van der Waals surface area contributed by atoms with Gasteiger partial charge in [-0.25, -0.2) is 9.37 Å². The lowest BCUT2D eigenvalue weighted by Crippen LogP contribution is -2.20. The second-order valence-electron chi connectivity index (χ2n) is 9.91. The maximum absolute atomic E-state index is 16.1. The highest BCUT2D eigenvalue weighted by molar-refractivity contribution is 7.13. The molecule has 5 heterocycles. The fourth-order valence-corrected chi connectivity index (χ4v) is 6.22. The van der Waals surface area contributed by atoms with E-state index in [4.69, 9.17) is 4.98 Å². The largest absolute Gasteiger partial charge is 0.337 e. The first-order valence-electron chi connectivity index (χ1n) is 12.9. The van der Waals surface area contributed by atoms with Crippen LogP contribution < -0.4 is 5.32 Å². The van der Waals surface area contributed by atoms with E-state index in [0.717, 1.165) is 39.5 Å². The number of nitrogens with one attached hydrogen (secondary N) is 3. The molecule has 0 amide bonds. The Hall–Kier alpha value is -3.95. The first-order valence-corrected chi connectivity index (χ1v) is 13.8. The Kier molecular flexibility index (Phi) is 5.94. The van der Waals surface area contributed by atoms with Crippen LogP contribution in [0, 0.1) is 11.7 Å². The number of imidazole rings is 1. The molecule has 1 saturated carbocycles. The number of thiophene rings is 1. The molecule has 1 aromatic carbocycles. The fourth-order valence-electron chi connectivity index (χ4n) is 5.47. The molecule has 1 aliphatic rings. The van der Waals surface area contributed by atoms with Crippen LogP contribution in [-0.4, -0.2) is 36.7 Å². The van der Waals surface area contributed by atoms with Crippen LogP contribution in [0.15, 0.2) is 60.4 Å². The van der Waals surface area contributed by atoms with E-state index in [-0.39, 0.29) is 5.69 Å². The van der Waals surface area contributed by atoms with Crippen LogP contribution in [0.1, 0.15) is 31.2 Å². The maximum atomic E-state index is 16.1. The Morgan fingerprint density at radius 3 is 2.82 bits per heavy atom. The topological polar surface area (TPSA) is 95.2 Å². The summed E-state index contributed by atoms with van der Waals surface area (Å²) in [4.78, 5) is 18.1. The number of nitrogens with zero attached hydrogens (tertiary/aromatic N) is 4. The first kappa shape index (κ1) is 23.2. The van der Waals surface area contributed by atoms with Crippen molar-refractivity contribution in [1.29, 1.82) is 0 Å². The van der Waals surface area contributed by atoms with Gasteiger partial charge in [0.15, 0.2) is 11.6 Å². The van der Waals surface area contributed by atoms with Crippen molar-refractivity contribution in [2.24, 2.45) is 5.92 Å². The molecule has 7 rings (SSSR count). The van der Waals surface area contributed by atoms with E-state index in [1.165, 1.54) is 25.7 Å². The zero-order chi connectivity index (χ0) is 25.5. The van der Waals surface area contributed by atoms with Gasteiger partial charge < -0.3 is 10.3 Å². The van der Waals surface area contributed by atoms with E-state index in [9.17, 15) is 0 Å². The van der Waals surface area contributed by atoms with Crippen LogP contribution in [0.25, 0.3) is 55.2 Å². The van der Waals surface area contributed by atoms with E-state index < -0.39 is 5.82 Å². The average molecular weight is 524 g/mol. The first-order chi connectivity index (χ1) is 18.7. The lowest BCUT2D eigenvalue weighted by molar-refractivity contribution is 0.489. The molecule has 1 aliphatic carbocycles. The van der Waals surface area contributed by atoms with Gasteiger partial charge in [0, 0.05) is 34.9 Å². The zero-order valence-electron chi connectivity index (χ0n) is 20.7. The highest BCUT2D eigenvalue weighted by atomic mass is 32.1. The van der Waals surface area contributed by atoms with Gasteiger partial charge in [0.05, 0.1) is 28.1 Å². The number of aromatic nitrogens is 6. The van der Waals surface area contributed by atoms with Crippen LogP contribution in [0.2, 0.25) is 0 Å². The Bertz CT molecular complexity index is 1730. The highest BCUT2D eigenvalue weighted by Crippen LogP contribution is 2.35. The van der Waals surface area contributed by atoms with Crippen LogP contribution >= 0.6 is 11.3 Å². The van der Waals surface area contributed by atoms with Crippen molar-refractivity contribution >= 4 is 33.3 Å². The van der Waals surface area contributed by atoms with Crippen molar-refractivity contribution in [2.45, 2.75) is 32.2 Å². The predicted molar refractivity (Wildman–Crippen MR) is 149 cm³/mol. The van der Waals surface area contributed by atoms with Crippen molar-refractivity contribution in [3.63, 3.8) is 0 Å². The normalized spacial score (nSPS) is 14.2. The Labute approximate surface area is 222 Å². The molecule has 7 nitrogen and oxygen atoms in total. The predicted octanol–water partition coefficient (Wildman–Crippen LogP) is 6.71. The summed E-state index contributed by atoms with van der Waals surface area (Å²) in [6, 6.07) is 12.1. The number of pyridine rings is 2. The standard InChI is InChI=1S/C29H26FN7S/c30-25-24-22(16-33-26(25)19-11-18(14-32-15-19)13-31-12-17-5-1-2-6-17)36-37-28(24)29-34-21-8-3-7-20(27(21)35-29)23-9-4-10-38-23/h3-4,7-11,14-17,31H,1-2,5-6,12-13H2,(H,34,35)(H,36,37). The number of halogens is 1. The summed E-state index contributed by atoms with van der Waals surface area (Å²) >= 11 is 1.66. The number of hydrogen-bond acceptors (Lipinski definition) is 6. The SMILES string of the molecule is Fc1c(-c2cncc(CNCC3CCCC3)c2)ncc2[nH]nc(-c3nc4c(-c5cccs5)cccc4[nH]3)c12. The van der Waals surface area contributed by atoms with Gasteiger partial charge in [0.25, 0.3) is 0 Å². The monoisotopic (exact) mass is 523 g/mol. The van der Waals surface area contributed by atoms with Crippen molar-refractivity contribution in [3.8, 4) is 33.2 Å². The van der Waals surface area contributed by atoms with Gasteiger partial charge >= 0.3 is 0 Å². The van der Waals surface area contributed by atoms with Crippen molar-refractivity contribution in [1.82, 2.24) is 35.5 Å². The molecule has 0 aliphatic heterocycles. The van der Waals surface area contributed by atoms with Gasteiger partial charge in [-0.05, 0) is 54.4 Å². The van der Waals surface area contributed by atoms with E-state index in [2.05, 4.69) is 36.5 Å². The molecule has 5 aromatic heterocycles. The van der Waals surface area contributed by atoms with Crippen LogP contribution in [-0.2, 0) is 6.54 Å². The van der Waals surface area contributed by atoms with Crippen molar-refractivity contribution in [3.05, 3.63) is 71.7 Å². The summed E-state index contributed by atoms with van der Waals surface area (Å²) in [5, 5.41) is 13.3. The number of fused-ring (bicyclic) bond motifs is 2. The molecule has 0 bridgehead atoms. The Morgan fingerprint density at radius 1 is 1.03 bits per heavy atom. The van der Waals surface area contributed by atoms with Crippen molar-refractivity contribution < 1.29 is 4.39 Å². The average Bonchev–Trinajstić information content (AvgIpc) is 3.75. The molecular formula is C29H26FN7S. The van der Waals surface area contributed by atoms with E-state index in [0.29, 0.717) is 34.5 Å².